The van der Waals surface area contributed by atoms with E-state index in [1.165, 1.54) is 13.3 Å². The second-order valence-corrected chi connectivity index (χ2v) is 8.65. The Morgan fingerprint density at radius 2 is 2.13 bits per heavy atom. The number of carbonyl (C=O) groups is 2. The number of rotatable bonds is 9. The number of hydrogen-bond acceptors (Lipinski definition) is 7. The largest absolute Gasteiger partial charge is 0.465 e. The zero-order valence-electron chi connectivity index (χ0n) is 18.3. The number of aliphatic hydroxyl groups excluding tert-OH is 1. The molecule has 2 atom stereocenters. The number of aromatic amines is 1. The topological polar surface area (TPSA) is 139 Å². The summed E-state index contributed by atoms with van der Waals surface area (Å²) in [4.78, 5) is 47.0. The highest BCUT2D eigenvalue weighted by Gasteiger charge is 2.49. The number of carbonyl (C=O) groups excluding carboxylic acids is 2. The standard InChI is InChI=1S/C21H29N5O5/c1-12(2)5-6-13(3)18(29)24-20-23-17-16(19(30)25-20)22-11-26(17)8-15-7-21(15,9-27)10-31-14(4)28/h8,11-13,27H,5-7,9-10H2,1-4H3,(H2,23,24,25,29,30)/b15-8-. The summed E-state index contributed by atoms with van der Waals surface area (Å²) < 4.78 is 6.63. The molecule has 2 heterocycles. The van der Waals surface area contributed by atoms with Crippen molar-refractivity contribution in [3.8, 4) is 0 Å². The lowest BCUT2D eigenvalue weighted by atomic mass is 9.99. The third-order valence-corrected chi connectivity index (χ3v) is 5.53. The van der Waals surface area contributed by atoms with Crippen molar-refractivity contribution in [3.63, 3.8) is 0 Å². The molecule has 10 nitrogen and oxygen atoms in total. The summed E-state index contributed by atoms with van der Waals surface area (Å²) in [5, 5.41) is 12.4. The van der Waals surface area contributed by atoms with E-state index in [1.807, 2.05) is 6.92 Å². The van der Waals surface area contributed by atoms with Crippen LogP contribution >= 0.6 is 0 Å². The number of amides is 1. The number of nitrogens with one attached hydrogen (secondary N) is 2. The van der Waals surface area contributed by atoms with Gasteiger partial charge in [-0.25, -0.2) is 4.98 Å². The molecule has 2 unspecified atom stereocenters. The fraction of sp³-hybridized carbons (Fsp3) is 0.571. The van der Waals surface area contributed by atoms with Gasteiger partial charge in [-0.2, -0.15) is 4.98 Å². The van der Waals surface area contributed by atoms with Crippen molar-refractivity contribution in [1.29, 1.82) is 0 Å². The number of nitrogens with zero attached hydrogens (tertiary/aromatic N) is 3. The van der Waals surface area contributed by atoms with Gasteiger partial charge in [-0.3, -0.25) is 29.3 Å². The van der Waals surface area contributed by atoms with E-state index < -0.39 is 16.9 Å². The van der Waals surface area contributed by atoms with Gasteiger partial charge in [-0.15, -0.1) is 0 Å². The highest BCUT2D eigenvalue weighted by atomic mass is 16.5. The summed E-state index contributed by atoms with van der Waals surface area (Å²) in [5.41, 5.74) is 0.194. The van der Waals surface area contributed by atoms with Gasteiger partial charge in [0, 0.05) is 19.0 Å². The summed E-state index contributed by atoms with van der Waals surface area (Å²) in [7, 11) is 0. The molecule has 31 heavy (non-hydrogen) atoms. The van der Waals surface area contributed by atoms with Crippen LogP contribution in [0.5, 0.6) is 0 Å². The molecule has 3 N–H and O–H groups in total. The monoisotopic (exact) mass is 431 g/mol. The third kappa shape index (κ3) is 5.19. The number of aromatic nitrogens is 4. The second kappa shape index (κ2) is 9.01. The van der Waals surface area contributed by atoms with Crippen LogP contribution in [0.4, 0.5) is 5.95 Å². The molecular weight excluding hydrogens is 402 g/mol. The molecule has 168 valence electrons. The smallest absolute Gasteiger partial charge is 0.302 e. The molecule has 1 saturated carbocycles. The van der Waals surface area contributed by atoms with Gasteiger partial charge in [0.15, 0.2) is 11.2 Å². The molecule has 0 radical (unpaired) electrons. The predicted molar refractivity (Wildman–Crippen MR) is 115 cm³/mol. The summed E-state index contributed by atoms with van der Waals surface area (Å²) >= 11 is 0. The van der Waals surface area contributed by atoms with Crippen LogP contribution in [0.15, 0.2) is 16.7 Å². The van der Waals surface area contributed by atoms with Crippen molar-refractivity contribution in [2.75, 3.05) is 18.5 Å². The molecule has 0 saturated heterocycles. The molecule has 10 heteroatoms. The Labute approximate surface area is 179 Å². The van der Waals surface area contributed by atoms with Crippen LogP contribution < -0.4 is 10.9 Å². The number of imidazole rings is 1. The summed E-state index contributed by atoms with van der Waals surface area (Å²) in [5.74, 6) is -0.281. The van der Waals surface area contributed by atoms with E-state index in [1.54, 1.807) is 10.8 Å². The van der Waals surface area contributed by atoms with Gasteiger partial charge in [0.05, 0.1) is 12.0 Å². The third-order valence-electron chi connectivity index (χ3n) is 5.53. The van der Waals surface area contributed by atoms with E-state index in [4.69, 9.17) is 4.74 Å². The number of anilines is 1. The van der Waals surface area contributed by atoms with Gasteiger partial charge < -0.3 is 9.84 Å². The number of esters is 1. The van der Waals surface area contributed by atoms with E-state index in [-0.39, 0.29) is 42.2 Å². The molecule has 3 rings (SSSR count). The number of fused-ring (bicyclic) bond motifs is 1. The first-order chi connectivity index (χ1) is 14.6. The van der Waals surface area contributed by atoms with Crippen molar-refractivity contribution < 1.29 is 19.4 Å². The number of hydrogen-bond donors (Lipinski definition) is 3. The Hall–Kier alpha value is -3.01. The highest BCUT2D eigenvalue weighted by molar-refractivity contribution is 5.91. The maximum absolute atomic E-state index is 12.5. The summed E-state index contributed by atoms with van der Waals surface area (Å²) in [6, 6.07) is 0. The zero-order chi connectivity index (χ0) is 22.8. The first-order valence-electron chi connectivity index (χ1n) is 10.4. The average molecular weight is 431 g/mol. The molecule has 0 aliphatic heterocycles. The Balaban J connectivity index is 1.81. The van der Waals surface area contributed by atoms with E-state index in [0.717, 1.165) is 18.4 Å². The van der Waals surface area contributed by atoms with Gasteiger partial charge in [0.2, 0.25) is 11.9 Å². The van der Waals surface area contributed by atoms with Gasteiger partial charge in [-0.05, 0) is 24.3 Å². The molecule has 1 amide bonds. The maximum atomic E-state index is 12.5. The SMILES string of the molecule is CC(=O)OCC1(CO)C/C1=C/n1cnc2c(=O)[nH]c(NC(=O)C(C)CCC(C)C)nc21. The molecule has 2 aromatic rings. The maximum Gasteiger partial charge on any atom is 0.302 e. The lowest BCUT2D eigenvalue weighted by Gasteiger charge is -2.12. The number of H-pyrrole nitrogens is 1. The molecule has 0 bridgehead atoms. The van der Waals surface area contributed by atoms with Crippen LogP contribution in [-0.2, 0) is 14.3 Å². The van der Waals surface area contributed by atoms with Crippen molar-refractivity contribution in [3.05, 3.63) is 22.3 Å². The Bertz CT molecular complexity index is 1070. The van der Waals surface area contributed by atoms with Crippen molar-refractivity contribution in [2.24, 2.45) is 17.3 Å². The minimum Gasteiger partial charge on any atom is -0.465 e. The second-order valence-electron chi connectivity index (χ2n) is 8.65. The van der Waals surface area contributed by atoms with E-state index in [0.29, 0.717) is 12.3 Å². The quantitative estimate of drug-likeness (QED) is 0.515. The fourth-order valence-electron chi connectivity index (χ4n) is 3.29. The van der Waals surface area contributed by atoms with Gasteiger partial charge in [0.1, 0.15) is 12.9 Å². The van der Waals surface area contributed by atoms with E-state index in [2.05, 4.69) is 34.1 Å². The minimum absolute atomic E-state index is 0.0585. The van der Waals surface area contributed by atoms with Crippen LogP contribution in [0.2, 0.25) is 0 Å². The molecule has 0 spiro atoms. The van der Waals surface area contributed by atoms with E-state index >= 15 is 0 Å². The van der Waals surface area contributed by atoms with Gasteiger partial charge >= 0.3 is 5.97 Å². The van der Waals surface area contributed by atoms with Gasteiger partial charge in [0.25, 0.3) is 5.56 Å². The lowest BCUT2D eigenvalue weighted by molar-refractivity contribution is -0.143. The number of aliphatic hydroxyl groups is 1. The Kier molecular flexibility index (Phi) is 6.59. The Morgan fingerprint density at radius 1 is 1.39 bits per heavy atom. The molecular formula is C21H29N5O5. The Morgan fingerprint density at radius 3 is 2.77 bits per heavy atom. The van der Waals surface area contributed by atoms with Crippen molar-refractivity contribution in [2.45, 2.75) is 47.0 Å². The normalized spacial score (nSPS) is 20.3. The van der Waals surface area contributed by atoms with E-state index in [9.17, 15) is 19.5 Å². The molecule has 2 aromatic heterocycles. The minimum atomic E-state index is -0.619. The van der Waals surface area contributed by atoms with Crippen molar-refractivity contribution in [1.82, 2.24) is 19.5 Å². The summed E-state index contributed by atoms with van der Waals surface area (Å²) in [6.07, 6.45) is 5.39. The average Bonchev–Trinajstić information content (AvgIpc) is 3.25. The van der Waals surface area contributed by atoms with Crippen LogP contribution in [0.1, 0.15) is 47.0 Å². The van der Waals surface area contributed by atoms with Crippen LogP contribution in [0.3, 0.4) is 0 Å². The zero-order valence-corrected chi connectivity index (χ0v) is 18.3. The predicted octanol–water partition coefficient (Wildman–Crippen LogP) is 1.92. The molecule has 1 aliphatic rings. The number of ether oxygens (including phenoxy) is 1. The lowest BCUT2D eigenvalue weighted by Crippen LogP contribution is -2.24. The first kappa shape index (κ1) is 22.7. The van der Waals surface area contributed by atoms with Crippen molar-refractivity contribution >= 4 is 35.2 Å². The fourth-order valence-corrected chi connectivity index (χ4v) is 3.29. The van der Waals surface area contributed by atoms with Crippen LogP contribution in [0.25, 0.3) is 17.4 Å². The van der Waals surface area contributed by atoms with Crippen LogP contribution in [0, 0.1) is 17.3 Å². The first-order valence-corrected chi connectivity index (χ1v) is 10.4. The van der Waals surface area contributed by atoms with Gasteiger partial charge in [-0.1, -0.05) is 27.2 Å². The molecule has 0 aromatic carbocycles. The van der Waals surface area contributed by atoms with Crippen LogP contribution in [-0.4, -0.2) is 49.7 Å². The molecule has 1 fully saturated rings. The summed E-state index contributed by atoms with van der Waals surface area (Å²) in [6.45, 7) is 7.28. The highest BCUT2D eigenvalue weighted by Crippen LogP contribution is 2.52. The molecule has 1 aliphatic carbocycles.